The Labute approximate surface area is 142 Å². The minimum atomic E-state index is -0.822. The second-order valence-corrected chi connectivity index (χ2v) is 5.47. The summed E-state index contributed by atoms with van der Waals surface area (Å²) in [6.07, 6.45) is 0. The van der Waals surface area contributed by atoms with Crippen LogP contribution in [0.25, 0.3) is 10.9 Å². The molecule has 0 atom stereocenters. The fraction of sp³-hybridized carbons (Fsp3) is 0.0556. The number of hydrogen-bond acceptors (Lipinski definition) is 4. The Morgan fingerprint density at radius 1 is 1.08 bits per heavy atom. The summed E-state index contributed by atoms with van der Waals surface area (Å²) in [5.41, 5.74) is 5.00. The third kappa shape index (κ3) is 2.72. The molecule has 0 spiro atoms. The summed E-state index contributed by atoms with van der Waals surface area (Å²) < 4.78 is 1.28. The van der Waals surface area contributed by atoms with Gasteiger partial charge in [0.25, 0.3) is 17.4 Å². The molecule has 0 saturated carbocycles. The van der Waals surface area contributed by atoms with Gasteiger partial charge in [0.1, 0.15) is 11.3 Å². The number of aryl methyl sites for hydroxylation is 1. The van der Waals surface area contributed by atoms with E-state index in [0.29, 0.717) is 10.9 Å². The molecule has 0 unspecified atom stereocenters. The number of carbonyl (C=O) groups is 2. The van der Waals surface area contributed by atoms with E-state index in [1.807, 2.05) is 0 Å². The van der Waals surface area contributed by atoms with Gasteiger partial charge in [-0.05, 0) is 24.3 Å². The molecule has 1 aromatic heterocycles. The van der Waals surface area contributed by atoms with E-state index < -0.39 is 28.7 Å². The molecule has 126 valence electrons. The van der Waals surface area contributed by atoms with Gasteiger partial charge in [-0.15, -0.1) is 0 Å². The third-order valence-electron chi connectivity index (χ3n) is 3.94. The molecule has 0 aliphatic carbocycles. The number of aromatic hydroxyl groups is 1. The molecule has 25 heavy (non-hydrogen) atoms. The van der Waals surface area contributed by atoms with E-state index in [9.17, 15) is 19.5 Å². The molecule has 0 bridgehead atoms. The predicted octanol–water partition coefficient (Wildman–Crippen LogP) is 1.60. The Kier molecular flexibility index (Phi) is 3.98. The molecule has 0 saturated heterocycles. The SMILES string of the molecule is Cn1c(=O)c(C(=O)Nc2ccccc2C(N)=O)c(O)c2ccccc21. The van der Waals surface area contributed by atoms with Gasteiger partial charge in [0, 0.05) is 12.4 Å². The summed E-state index contributed by atoms with van der Waals surface area (Å²) in [6.45, 7) is 0. The van der Waals surface area contributed by atoms with Crippen LogP contribution in [-0.2, 0) is 7.05 Å². The number of para-hydroxylation sites is 2. The van der Waals surface area contributed by atoms with Crippen molar-refractivity contribution in [1.29, 1.82) is 0 Å². The van der Waals surface area contributed by atoms with Crippen LogP contribution >= 0.6 is 0 Å². The first-order valence-electron chi connectivity index (χ1n) is 7.42. The number of carbonyl (C=O) groups excluding carboxylic acids is 2. The minimum Gasteiger partial charge on any atom is -0.506 e. The van der Waals surface area contributed by atoms with Crippen molar-refractivity contribution < 1.29 is 14.7 Å². The van der Waals surface area contributed by atoms with Crippen molar-refractivity contribution in [2.75, 3.05) is 5.32 Å². The first-order chi connectivity index (χ1) is 11.9. The molecule has 7 heteroatoms. The van der Waals surface area contributed by atoms with E-state index in [1.165, 1.54) is 23.7 Å². The maximum atomic E-state index is 12.6. The molecular weight excluding hydrogens is 322 g/mol. The number of hydrogen-bond donors (Lipinski definition) is 3. The lowest BCUT2D eigenvalue weighted by Gasteiger charge is -2.13. The van der Waals surface area contributed by atoms with Crippen LogP contribution < -0.4 is 16.6 Å². The van der Waals surface area contributed by atoms with Crippen molar-refractivity contribution in [2.45, 2.75) is 0 Å². The Morgan fingerprint density at radius 2 is 1.72 bits per heavy atom. The summed E-state index contributed by atoms with van der Waals surface area (Å²) in [6, 6.07) is 12.8. The Hall–Kier alpha value is -3.61. The van der Waals surface area contributed by atoms with E-state index in [-0.39, 0.29) is 11.3 Å². The number of amides is 2. The number of pyridine rings is 1. The average Bonchev–Trinajstić information content (AvgIpc) is 2.60. The highest BCUT2D eigenvalue weighted by atomic mass is 16.3. The molecule has 1 heterocycles. The number of nitrogens with two attached hydrogens (primary N) is 1. The van der Waals surface area contributed by atoms with Gasteiger partial charge in [0.15, 0.2) is 0 Å². The largest absolute Gasteiger partial charge is 0.506 e. The summed E-state index contributed by atoms with van der Waals surface area (Å²) in [4.78, 5) is 36.6. The van der Waals surface area contributed by atoms with Crippen molar-refractivity contribution >= 4 is 28.4 Å². The zero-order chi connectivity index (χ0) is 18.1. The standard InChI is InChI=1S/C18H15N3O4/c1-21-13-9-5-3-7-11(13)15(22)14(18(21)25)17(24)20-12-8-4-2-6-10(12)16(19)23/h2-9,22H,1H3,(H2,19,23)(H,20,24). The summed E-state index contributed by atoms with van der Waals surface area (Å²) >= 11 is 0. The molecule has 2 amide bonds. The van der Waals surface area contributed by atoms with Gasteiger partial charge >= 0.3 is 0 Å². The molecular formula is C18H15N3O4. The first kappa shape index (κ1) is 16.3. The van der Waals surface area contributed by atoms with Crippen molar-refractivity contribution in [3.05, 3.63) is 70.0 Å². The number of benzene rings is 2. The molecule has 3 aromatic rings. The number of fused-ring (bicyclic) bond motifs is 1. The van der Waals surface area contributed by atoms with Crippen molar-refractivity contribution in [3.8, 4) is 5.75 Å². The Morgan fingerprint density at radius 3 is 2.44 bits per heavy atom. The summed E-state index contributed by atoms with van der Waals surface area (Å²) in [5.74, 6) is -1.95. The minimum absolute atomic E-state index is 0.105. The highest BCUT2D eigenvalue weighted by Crippen LogP contribution is 2.26. The molecule has 0 fully saturated rings. The zero-order valence-electron chi connectivity index (χ0n) is 13.3. The van der Waals surface area contributed by atoms with E-state index in [1.54, 1.807) is 36.4 Å². The number of aromatic nitrogens is 1. The highest BCUT2D eigenvalue weighted by Gasteiger charge is 2.22. The second kappa shape index (κ2) is 6.12. The molecule has 0 aliphatic rings. The van der Waals surface area contributed by atoms with Crippen LogP contribution in [0.2, 0.25) is 0 Å². The molecule has 2 aromatic carbocycles. The van der Waals surface area contributed by atoms with Crippen molar-refractivity contribution in [1.82, 2.24) is 4.57 Å². The number of primary amides is 1. The van der Waals surface area contributed by atoms with Gasteiger partial charge in [-0.1, -0.05) is 24.3 Å². The molecule has 3 rings (SSSR count). The fourth-order valence-corrected chi connectivity index (χ4v) is 2.68. The van der Waals surface area contributed by atoms with Crippen LogP contribution in [0.3, 0.4) is 0 Å². The van der Waals surface area contributed by atoms with Gasteiger partial charge in [-0.2, -0.15) is 0 Å². The quantitative estimate of drug-likeness (QED) is 0.673. The topological polar surface area (TPSA) is 114 Å². The van der Waals surface area contributed by atoms with Crippen LogP contribution in [-0.4, -0.2) is 21.5 Å². The van der Waals surface area contributed by atoms with Gasteiger partial charge in [-0.3, -0.25) is 14.4 Å². The van der Waals surface area contributed by atoms with Gasteiger partial charge in [0.2, 0.25) is 0 Å². The molecule has 0 radical (unpaired) electrons. The number of nitrogens with one attached hydrogen (secondary N) is 1. The molecule has 0 aliphatic heterocycles. The van der Waals surface area contributed by atoms with Gasteiger partial charge < -0.3 is 20.7 Å². The number of anilines is 1. The fourth-order valence-electron chi connectivity index (χ4n) is 2.68. The Balaban J connectivity index is 2.13. The molecule has 4 N–H and O–H groups in total. The summed E-state index contributed by atoms with van der Waals surface area (Å²) in [5, 5.41) is 13.3. The first-order valence-corrected chi connectivity index (χ1v) is 7.42. The van der Waals surface area contributed by atoms with Crippen LogP contribution in [0, 0.1) is 0 Å². The highest BCUT2D eigenvalue weighted by molar-refractivity contribution is 6.11. The van der Waals surface area contributed by atoms with Crippen LogP contribution in [0.4, 0.5) is 5.69 Å². The van der Waals surface area contributed by atoms with E-state index in [0.717, 1.165) is 0 Å². The summed E-state index contributed by atoms with van der Waals surface area (Å²) in [7, 11) is 1.51. The number of nitrogens with zero attached hydrogens (tertiary/aromatic N) is 1. The van der Waals surface area contributed by atoms with Crippen LogP contribution in [0.15, 0.2) is 53.3 Å². The zero-order valence-corrected chi connectivity index (χ0v) is 13.3. The number of rotatable bonds is 3. The maximum absolute atomic E-state index is 12.6. The van der Waals surface area contributed by atoms with Gasteiger partial charge in [-0.25, -0.2) is 0 Å². The lowest BCUT2D eigenvalue weighted by Crippen LogP contribution is -2.28. The van der Waals surface area contributed by atoms with E-state index >= 15 is 0 Å². The predicted molar refractivity (Wildman–Crippen MR) is 93.8 cm³/mol. The van der Waals surface area contributed by atoms with E-state index in [4.69, 9.17) is 5.73 Å². The molecule has 7 nitrogen and oxygen atoms in total. The second-order valence-electron chi connectivity index (χ2n) is 5.47. The van der Waals surface area contributed by atoms with Crippen molar-refractivity contribution in [2.24, 2.45) is 12.8 Å². The van der Waals surface area contributed by atoms with Crippen LogP contribution in [0.5, 0.6) is 5.75 Å². The maximum Gasteiger partial charge on any atom is 0.267 e. The van der Waals surface area contributed by atoms with Crippen LogP contribution in [0.1, 0.15) is 20.7 Å². The Bertz CT molecular complexity index is 1070. The lowest BCUT2D eigenvalue weighted by molar-refractivity contribution is 0.100. The third-order valence-corrected chi connectivity index (χ3v) is 3.94. The normalized spacial score (nSPS) is 10.6. The average molecular weight is 337 g/mol. The lowest BCUT2D eigenvalue weighted by atomic mass is 10.1. The van der Waals surface area contributed by atoms with Gasteiger partial charge in [0.05, 0.1) is 16.8 Å². The van der Waals surface area contributed by atoms with E-state index in [2.05, 4.69) is 5.32 Å². The van der Waals surface area contributed by atoms with Crippen molar-refractivity contribution in [3.63, 3.8) is 0 Å². The smallest absolute Gasteiger partial charge is 0.267 e. The monoisotopic (exact) mass is 337 g/mol.